The quantitative estimate of drug-likeness (QED) is 0.599. The summed E-state index contributed by atoms with van der Waals surface area (Å²) in [6.07, 6.45) is 2.56. The van der Waals surface area contributed by atoms with Crippen molar-refractivity contribution in [2.45, 2.75) is 12.8 Å². The zero-order chi connectivity index (χ0) is 12.5. The van der Waals surface area contributed by atoms with Crippen LogP contribution < -0.4 is 10.6 Å². The van der Waals surface area contributed by atoms with Crippen molar-refractivity contribution in [3.63, 3.8) is 0 Å². The summed E-state index contributed by atoms with van der Waals surface area (Å²) >= 11 is 0. The first-order valence-corrected chi connectivity index (χ1v) is 7.40. The van der Waals surface area contributed by atoms with Gasteiger partial charge in [-0.3, -0.25) is 0 Å². The minimum absolute atomic E-state index is 0. The fraction of sp³-hybridized carbons (Fsp3) is 0.250. The Balaban J connectivity index is 0.000000256. The number of hydrogen-bond donors (Lipinski definition) is 0. The molecule has 0 spiro atoms. The van der Waals surface area contributed by atoms with Gasteiger partial charge in [-0.25, -0.2) is 0 Å². The Morgan fingerprint density at radius 3 is 1.42 bits per heavy atom. The second-order valence-electron chi connectivity index (χ2n) is 4.18. The third-order valence-corrected chi connectivity index (χ3v) is 3.91. The molecule has 0 N–H and O–H groups in total. The monoisotopic (exact) mass is 265 g/mol. The van der Waals surface area contributed by atoms with E-state index in [1.165, 1.54) is 23.5 Å². The largest absolute Gasteiger partial charge is 0.381 e. The van der Waals surface area contributed by atoms with Gasteiger partial charge in [0.25, 0.3) is 0 Å². The SMILES string of the molecule is C1CCOC1.[Li].c1ccc(Pc2ccccc2)cc1. The van der Waals surface area contributed by atoms with Crippen LogP contribution in [0.2, 0.25) is 0 Å². The molecule has 0 bridgehead atoms. The Morgan fingerprint density at radius 1 is 0.684 bits per heavy atom. The first-order chi connectivity index (χ1) is 8.95. The second kappa shape index (κ2) is 10.2. The molecule has 1 radical (unpaired) electrons. The number of rotatable bonds is 2. The first kappa shape index (κ1) is 16.5. The molecule has 0 unspecified atom stereocenters. The molecule has 3 rings (SSSR count). The smallest absolute Gasteiger partial charge is 0.0466 e. The van der Waals surface area contributed by atoms with Gasteiger partial charge in [0.15, 0.2) is 0 Å². The van der Waals surface area contributed by atoms with Crippen molar-refractivity contribution in [2.24, 2.45) is 0 Å². The summed E-state index contributed by atoms with van der Waals surface area (Å²) in [5.41, 5.74) is 0. The minimum atomic E-state index is 0. The maximum atomic E-state index is 4.94. The third-order valence-electron chi connectivity index (χ3n) is 2.66. The van der Waals surface area contributed by atoms with Gasteiger partial charge in [-0.2, -0.15) is 0 Å². The van der Waals surface area contributed by atoms with Crippen LogP contribution in [0.1, 0.15) is 12.8 Å². The minimum Gasteiger partial charge on any atom is -0.381 e. The maximum absolute atomic E-state index is 4.94. The van der Waals surface area contributed by atoms with E-state index in [4.69, 9.17) is 4.74 Å². The van der Waals surface area contributed by atoms with Gasteiger partial charge in [0.2, 0.25) is 0 Å². The first-order valence-electron chi connectivity index (χ1n) is 6.40. The van der Waals surface area contributed by atoms with Crippen LogP contribution in [0.25, 0.3) is 0 Å². The summed E-state index contributed by atoms with van der Waals surface area (Å²) in [7, 11) is 0.777. The molecule has 3 heteroatoms. The molecule has 0 atom stereocenters. The van der Waals surface area contributed by atoms with Crippen LogP contribution in [0.3, 0.4) is 0 Å². The molecule has 1 heterocycles. The fourth-order valence-electron chi connectivity index (χ4n) is 1.72. The van der Waals surface area contributed by atoms with Crippen LogP contribution in [-0.4, -0.2) is 32.1 Å². The Bertz CT molecular complexity index is 384. The second-order valence-corrected chi connectivity index (χ2v) is 5.58. The molecule has 19 heavy (non-hydrogen) atoms. The fourth-order valence-corrected chi connectivity index (χ4v) is 2.77. The normalized spacial score (nSPS) is 13.1. The molecule has 1 aliphatic rings. The number of benzene rings is 2. The van der Waals surface area contributed by atoms with Crippen molar-refractivity contribution >= 4 is 38.1 Å². The molecular formula is C16H19LiOP. The third kappa shape index (κ3) is 6.95. The summed E-state index contributed by atoms with van der Waals surface area (Å²) in [4.78, 5) is 0. The van der Waals surface area contributed by atoms with Gasteiger partial charge >= 0.3 is 0 Å². The van der Waals surface area contributed by atoms with Crippen LogP contribution in [0, 0.1) is 0 Å². The van der Waals surface area contributed by atoms with Gasteiger partial charge in [-0.15, -0.1) is 0 Å². The van der Waals surface area contributed by atoms with Crippen LogP contribution in [0.15, 0.2) is 60.7 Å². The van der Waals surface area contributed by atoms with E-state index in [1.54, 1.807) is 0 Å². The molecule has 1 aliphatic heterocycles. The van der Waals surface area contributed by atoms with Crippen LogP contribution >= 0.6 is 8.58 Å². The van der Waals surface area contributed by atoms with Crippen molar-refractivity contribution < 1.29 is 4.74 Å². The van der Waals surface area contributed by atoms with Crippen LogP contribution in [0.4, 0.5) is 0 Å². The zero-order valence-corrected chi connectivity index (χ0v) is 12.5. The standard InChI is InChI=1S/C12H11P.C4H8O.Li/c1-3-7-11(8-4-1)13-12-9-5-2-6-10-12;1-2-4-5-3-1;/h1-10,13H;1-4H2;. The van der Waals surface area contributed by atoms with Crippen molar-refractivity contribution in [2.75, 3.05) is 13.2 Å². The summed E-state index contributed by atoms with van der Waals surface area (Å²) in [5.74, 6) is 0. The Morgan fingerprint density at radius 2 is 1.11 bits per heavy atom. The van der Waals surface area contributed by atoms with Gasteiger partial charge in [-0.1, -0.05) is 69.2 Å². The molecular weight excluding hydrogens is 246 g/mol. The van der Waals surface area contributed by atoms with Crippen molar-refractivity contribution in [1.29, 1.82) is 0 Å². The van der Waals surface area contributed by atoms with Gasteiger partial charge in [0.1, 0.15) is 0 Å². The Kier molecular flexibility index (Phi) is 8.89. The number of ether oxygens (including phenoxy) is 1. The van der Waals surface area contributed by atoms with Crippen molar-refractivity contribution in [3.05, 3.63) is 60.7 Å². The predicted molar refractivity (Wildman–Crippen MR) is 86.3 cm³/mol. The van der Waals surface area contributed by atoms with E-state index in [2.05, 4.69) is 60.7 Å². The zero-order valence-electron chi connectivity index (χ0n) is 11.5. The van der Waals surface area contributed by atoms with Gasteiger partial charge < -0.3 is 4.74 Å². The molecule has 2 aromatic rings. The average Bonchev–Trinajstić information content (AvgIpc) is 3.00. The van der Waals surface area contributed by atoms with Crippen molar-refractivity contribution in [1.82, 2.24) is 0 Å². The summed E-state index contributed by atoms with van der Waals surface area (Å²) in [5, 5.41) is 2.79. The topological polar surface area (TPSA) is 9.23 Å². The maximum Gasteiger partial charge on any atom is 0.0466 e. The summed E-state index contributed by atoms with van der Waals surface area (Å²) < 4.78 is 4.94. The van der Waals surface area contributed by atoms with Crippen LogP contribution in [-0.2, 0) is 4.74 Å². The molecule has 1 saturated heterocycles. The van der Waals surface area contributed by atoms with E-state index in [0.717, 1.165) is 21.8 Å². The Hall–Kier alpha value is -0.573. The molecule has 2 aromatic carbocycles. The van der Waals surface area contributed by atoms with E-state index in [0.29, 0.717) is 0 Å². The predicted octanol–water partition coefficient (Wildman–Crippen LogP) is 2.73. The molecule has 0 aromatic heterocycles. The molecule has 0 amide bonds. The van der Waals surface area contributed by atoms with Crippen LogP contribution in [0.5, 0.6) is 0 Å². The molecule has 1 nitrogen and oxygen atoms in total. The van der Waals surface area contributed by atoms with E-state index in [-0.39, 0.29) is 18.9 Å². The molecule has 0 aliphatic carbocycles. The average molecular weight is 265 g/mol. The van der Waals surface area contributed by atoms with E-state index in [9.17, 15) is 0 Å². The van der Waals surface area contributed by atoms with E-state index >= 15 is 0 Å². The summed E-state index contributed by atoms with van der Waals surface area (Å²) in [6, 6.07) is 21.2. The van der Waals surface area contributed by atoms with Gasteiger partial charge in [0.05, 0.1) is 0 Å². The molecule has 0 saturated carbocycles. The number of hydrogen-bond acceptors (Lipinski definition) is 1. The van der Waals surface area contributed by atoms with Crippen molar-refractivity contribution in [3.8, 4) is 0 Å². The molecule has 95 valence electrons. The summed E-state index contributed by atoms with van der Waals surface area (Å²) in [6.45, 7) is 2.00. The van der Waals surface area contributed by atoms with E-state index < -0.39 is 0 Å². The van der Waals surface area contributed by atoms with Gasteiger partial charge in [-0.05, 0) is 23.5 Å². The Labute approximate surface area is 129 Å². The van der Waals surface area contributed by atoms with E-state index in [1.807, 2.05) is 0 Å². The van der Waals surface area contributed by atoms with Gasteiger partial charge in [0, 0.05) is 32.1 Å². The molecule has 1 fully saturated rings.